The number of hydrogen-bond donors (Lipinski definition) is 0. The molecule has 28 heavy (non-hydrogen) atoms. The van der Waals surface area contributed by atoms with Gasteiger partial charge in [-0.05, 0) is 38.1 Å². The van der Waals surface area contributed by atoms with Crippen molar-refractivity contribution in [2.45, 2.75) is 20.3 Å². The molecule has 7 nitrogen and oxygen atoms in total. The van der Waals surface area contributed by atoms with Gasteiger partial charge in [0.25, 0.3) is 0 Å². The fourth-order valence-corrected chi connectivity index (χ4v) is 3.63. The molecule has 2 heterocycles. The SMILES string of the molecule is COc1ccc(N2C[C@H](C(=O)N3CCN(C(=O)C=C(C)C)CC3)CC2=O)cc1. The minimum Gasteiger partial charge on any atom is -0.497 e. The van der Waals surface area contributed by atoms with Crippen LogP contribution in [0.3, 0.4) is 0 Å². The fraction of sp³-hybridized carbons (Fsp3) is 0.476. The van der Waals surface area contributed by atoms with Crippen LogP contribution in [0.25, 0.3) is 0 Å². The molecule has 0 aliphatic carbocycles. The molecular formula is C21H27N3O4. The van der Waals surface area contributed by atoms with Crippen LogP contribution in [0.15, 0.2) is 35.9 Å². The average Bonchev–Trinajstić information content (AvgIpc) is 3.08. The van der Waals surface area contributed by atoms with E-state index in [-0.39, 0.29) is 30.1 Å². The van der Waals surface area contributed by atoms with Crippen molar-refractivity contribution in [1.29, 1.82) is 0 Å². The summed E-state index contributed by atoms with van der Waals surface area (Å²) in [6.45, 7) is 6.24. The lowest BCUT2D eigenvalue weighted by atomic mass is 10.1. The van der Waals surface area contributed by atoms with Crippen LogP contribution < -0.4 is 9.64 Å². The van der Waals surface area contributed by atoms with E-state index >= 15 is 0 Å². The molecule has 0 aromatic heterocycles. The molecule has 0 saturated carbocycles. The number of methoxy groups -OCH3 is 1. The number of anilines is 1. The summed E-state index contributed by atoms with van der Waals surface area (Å²) in [5.74, 6) is 0.339. The number of nitrogens with zero attached hydrogens (tertiary/aromatic N) is 3. The van der Waals surface area contributed by atoms with Gasteiger partial charge in [0.2, 0.25) is 17.7 Å². The van der Waals surface area contributed by atoms with Crippen molar-refractivity contribution in [2.75, 3.05) is 44.7 Å². The molecule has 0 bridgehead atoms. The predicted octanol–water partition coefficient (Wildman–Crippen LogP) is 1.69. The second-order valence-electron chi connectivity index (χ2n) is 7.48. The molecule has 7 heteroatoms. The van der Waals surface area contributed by atoms with Crippen molar-refractivity contribution in [3.63, 3.8) is 0 Å². The van der Waals surface area contributed by atoms with Crippen molar-refractivity contribution in [3.8, 4) is 5.75 Å². The summed E-state index contributed by atoms with van der Waals surface area (Å²) in [5.41, 5.74) is 1.74. The summed E-state index contributed by atoms with van der Waals surface area (Å²) >= 11 is 0. The Morgan fingerprint density at radius 3 is 2.21 bits per heavy atom. The van der Waals surface area contributed by atoms with Crippen molar-refractivity contribution in [1.82, 2.24) is 9.80 Å². The lowest BCUT2D eigenvalue weighted by Crippen LogP contribution is -2.52. The van der Waals surface area contributed by atoms with Crippen molar-refractivity contribution in [3.05, 3.63) is 35.9 Å². The number of amides is 3. The highest BCUT2D eigenvalue weighted by Crippen LogP contribution is 2.28. The third kappa shape index (κ3) is 4.35. The van der Waals surface area contributed by atoms with E-state index in [0.717, 1.165) is 17.0 Å². The molecule has 150 valence electrons. The highest BCUT2D eigenvalue weighted by atomic mass is 16.5. The highest BCUT2D eigenvalue weighted by Gasteiger charge is 2.38. The zero-order valence-corrected chi connectivity index (χ0v) is 16.7. The van der Waals surface area contributed by atoms with Gasteiger partial charge in [-0.3, -0.25) is 14.4 Å². The first-order chi connectivity index (χ1) is 13.4. The lowest BCUT2D eigenvalue weighted by Gasteiger charge is -2.35. The van der Waals surface area contributed by atoms with Crippen LogP contribution in [-0.2, 0) is 14.4 Å². The van der Waals surface area contributed by atoms with Crippen molar-refractivity contribution in [2.24, 2.45) is 5.92 Å². The molecule has 0 spiro atoms. The Morgan fingerprint density at radius 1 is 1.04 bits per heavy atom. The Labute approximate surface area is 165 Å². The third-order valence-electron chi connectivity index (χ3n) is 5.17. The van der Waals surface area contributed by atoms with E-state index < -0.39 is 0 Å². The van der Waals surface area contributed by atoms with Crippen LogP contribution >= 0.6 is 0 Å². The maximum absolute atomic E-state index is 12.9. The van der Waals surface area contributed by atoms with Crippen LogP contribution in [0.5, 0.6) is 5.75 Å². The van der Waals surface area contributed by atoms with Gasteiger partial charge in [-0.15, -0.1) is 0 Å². The second kappa shape index (κ2) is 8.46. The van der Waals surface area contributed by atoms with Gasteiger partial charge in [0.1, 0.15) is 5.75 Å². The Balaban J connectivity index is 1.57. The Morgan fingerprint density at radius 2 is 1.64 bits per heavy atom. The number of rotatable bonds is 4. The minimum absolute atomic E-state index is 0.00123. The van der Waals surface area contributed by atoms with Gasteiger partial charge in [-0.2, -0.15) is 0 Å². The molecule has 0 unspecified atom stereocenters. The number of ether oxygens (including phenoxy) is 1. The Bertz CT molecular complexity index is 775. The summed E-state index contributed by atoms with van der Waals surface area (Å²) in [5, 5.41) is 0. The van der Waals surface area contributed by atoms with E-state index in [1.165, 1.54) is 0 Å². The van der Waals surface area contributed by atoms with Crippen LogP contribution in [0, 0.1) is 5.92 Å². The molecule has 3 rings (SSSR count). The molecule has 0 N–H and O–H groups in total. The van der Waals surface area contributed by atoms with Crippen LogP contribution in [0.1, 0.15) is 20.3 Å². The molecular weight excluding hydrogens is 358 g/mol. The number of hydrogen-bond acceptors (Lipinski definition) is 4. The number of piperazine rings is 1. The smallest absolute Gasteiger partial charge is 0.246 e. The van der Waals surface area contributed by atoms with Gasteiger partial charge >= 0.3 is 0 Å². The summed E-state index contributed by atoms with van der Waals surface area (Å²) in [7, 11) is 1.59. The van der Waals surface area contributed by atoms with Gasteiger partial charge in [0, 0.05) is 50.9 Å². The zero-order chi connectivity index (χ0) is 20.3. The molecule has 1 aromatic carbocycles. The van der Waals surface area contributed by atoms with Gasteiger partial charge in [-0.1, -0.05) is 5.57 Å². The van der Waals surface area contributed by atoms with Crippen LogP contribution in [0.4, 0.5) is 5.69 Å². The maximum atomic E-state index is 12.9. The van der Waals surface area contributed by atoms with Crippen molar-refractivity contribution >= 4 is 23.4 Å². The molecule has 1 aromatic rings. The first kappa shape index (κ1) is 19.9. The Kier molecular flexibility index (Phi) is 6.02. The minimum atomic E-state index is -0.338. The van der Waals surface area contributed by atoms with E-state index in [1.807, 2.05) is 26.0 Å². The topological polar surface area (TPSA) is 70.2 Å². The van der Waals surface area contributed by atoms with Crippen LogP contribution in [0.2, 0.25) is 0 Å². The molecule has 0 radical (unpaired) electrons. The normalized spacial score (nSPS) is 19.6. The molecule has 2 aliphatic heterocycles. The summed E-state index contributed by atoms with van der Waals surface area (Å²) in [4.78, 5) is 42.6. The van der Waals surface area contributed by atoms with Gasteiger partial charge < -0.3 is 19.4 Å². The largest absolute Gasteiger partial charge is 0.497 e. The monoisotopic (exact) mass is 385 g/mol. The Hall–Kier alpha value is -2.83. The van der Waals surface area contributed by atoms with E-state index in [4.69, 9.17) is 4.74 Å². The first-order valence-corrected chi connectivity index (χ1v) is 9.56. The maximum Gasteiger partial charge on any atom is 0.246 e. The quantitative estimate of drug-likeness (QED) is 0.740. The van der Waals surface area contributed by atoms with Crippen LogP contribution in [-0.4, -0.2) is 67.4 Å². The molecule has 2 fully saturated rings. The summed E-state index contributed by atoms with van der Waals surface area (Å²) in [6.07, 6.45) is 1.85. The average molecular weight is 385 g/mol. The second-order valence-corrected chi connectivity index (χ2v) is 7.48. The predicted molar refractivity (Wildman–Crippen MR) is 106 cm³/mol. The van der Waals surface area contributed by atoms with E-state index in [2.05, 4.69) is 0 Å². The lowest BCUT2D eigenvalue weighted by molar-refractivity contribution is -0.140. The number of allylic oxidation sites excluding steroid dienone is 1. The fourth-order valence-electron chi connectivity index (χ4n) is 3.63. The van der Waals surface area contributed by atoms with E-state index in [1.54, 1.807) is 40.0 Å². The van der Waals surface area contributed by atoms with Gasteiger partial charge in [0.15, 0.2) is 0 Å². The molecule has 2 aliphatic rings. The molecule has 1 atom stereocenters. The third-order valence-corrected chi connectivity index (χ3v) is 5.17. The first-order valence-electron chi connectivity index (χ1n) is 9.56. The summed E-state index contributed by atoms with van der Waals surface area (Å²) in [6, 6.07) is 7.27. The van der Waals surface area contributed by atoms with E-state index in [9.17, 15) is 14.4 Å². The van der Waals surface area contributed by atoms with Gasteiger partial charge in [0.05, 0.1) is 13.0 Å². The van der Waals surface area contributed by atoms with Gasteiger partial charge in [-0.25, -0.2) is 0 Å². The standard InChI is InChI=1S/C21H27N3O4/c1-15(2)12-19(25)22-8-10-23(11-9-22)21(27)16-13-20(26)24(14-16)17-4-6-18(28-3)7-5-17/h4-7,12,16H,8-11,13-14H2,1-3H3/t16-/m1/s1. The zero-order valence-electron chi connectivity index (χ0n) is 16.7. The molecule has 3 amide bonds. The van der Waals surface area contributed by atoms with Crippen molar-refractivity contribution < 1.29 is 19.1 Å². The number of benzene rings is 1. The molecule has 2 saturated heterocycles. The number of carbonyl (C=O) groups is 3. The summed E-state index contributed by atoms with van der Waals surface area (Å²) < 4.78 is 5.15. The highest BCUT2D eigenvalue weighted by molar-refractivity contribution is 6.00. The van der Waals surface area contributed by atoms with E-state index in [0.29, 0.717) is 32.7 Å². The number of carbonyl (C=O) groups excluding carboxylic acids is 3.